The van der Waals surface area contributed by atoms with Crippen molar-refractivity contribution in [1.29, 1.82) is 0 Å². The molecule has 2 aromatic rings. The Morgan fingerprint density at radius 2 is 2.09 bits per heavy atom. The van der Waals surface area contributed by atoms with Gasteiger partial charge in [-0.3, -0.25) is 10.00 Å². The quantitative estimate of drug-likeness (QED) is 0.943. The lowest BCUT2D eigenvalue weighted by Crippen LogP contribution is -2.44. The van der Waals surface area contributed by atoms with Crippen LogP contribution in [0.15, 0.2) is 30.3 Å². The number of hydrogen-bond donors (Lipinski definition) is 1. The minimum Gasteiger partial charge on any atom is -0.371 e. The van der Waals surface area contributed by atoms with Crippen molar-refractivity contribution in [3.63, 3.8) is 0 Å². The molecule has 1 saturated heterocycles. The van der Waals surface area contributed by atoms with Gasteiger partial charge in [0.25, 0.3) is 0 Å². The molecular formula is C17H24N4O. The normalized spacial score (nSPS) is 23.1. The van der Waals surface area contributed by atoms with Crippen molar-refractivity contribution in [2.75, 3.05) is 13.2 Å². The Labute approximate surface area is 131 Å². The highest BCUT2D eigenvalue weighted by Crippen LogP contribution is 2.25. The summed E-state index contributed by atoms with van der Waals surface area (Å²) in [5.74, 6) is 2.17. The van der Waals surface area contributed by atoms with E-state index >= 15 is 0 Å². The zero-order valence-electron chi connectivity index (χ0n) is 13.5. The highest BCUT2D eigenvalue weighted by Gasteiger charge is 2.27. The molecule has 5 nitrogen and oxygen atoms in total. The monoisotopic (exact) mass is 300 g/mol. The summed E-state index contributed by atoms with van der Waals surface area (Å²) < 4.78 is 6.00. The van der Waals surface area contributed by atoms with E-state index < -0.39 is 0 Å². The van der Waals surface area contributed by atoms with Gasteiger partial charge >= 0.3 is 0 Å². The molecule has 0 aliphatic carbocycles. The van der Waals surface area contributed by atoms with E-state index in [4.69, 9.17) is 4.74 Å². The lowest BCUT2D eigenvalue weighted by Gasteiger charge is -2.37. The van der Waals surface area contributed by atoms with Crippen LogP contribution in [-0.4, -0.2) is 39.3 Å². The summed E-state index contributed by atoms with van der Waals surface area (Å²) in [5.41, 5.74) is 1.24. The van der Waals surface area contributed by atoms with Crippen LogP contribution in [0.5, 0.6) is 0 Å². The summed E-state index contributed by atoms with van der Waals surface area (Å²) in [6, 6.07) is 10.8. The molecule has 1 aliphatic rings. The first-order chi connectivity index (χ1) is 10.6. The van der Waals surface area contributed by atoms with Crippen molar-refractivity contribution in [1.82, 2.24) is 20.1 Å². The van der Waals surface area contributed by atoms with Crippen molar-refractivity contribution < 1.29 is 4.74 Å². The minimum absolute atomic E-state index is 0.130. The van der Waals surface area contributed by atoms with Gasteiger partial charge in [-0.25, -0.2) is 4.98 Å². The van der Waals surface area contributed by atoms with Crippen LogP contribution in [0.2, 0.25) is 0 Å². The Balaban J connectivity index is 1.68. The molecule has 1 fully saturated rings. The molecule has 2 heterocycles. The van der Waals surface area contributed by atoms with Crippen LogP contribution >= 0.6 is 0 Å². The predicted octanol–water partition coefficient (Wildman–Crippen LogP) is 2.89. The van der Waals surface area contributed by atoms with Crippen LogP contribution in [0, 0.1) is 0 Å². The summed E-state index contributed by atoms with van der Waals surface area (Å²) in [5, 5.41) is 7.36. The summed E-state index contributed by atoms with van der Waals surface area (Å²) in [7, 11) is 0. The Bertz CT molecular complexity index is 596. The second kappa shape index (κ2) is 6.58. The molecule has 1 aromatic heterocycles. The van der Waals surface area contributed by atoms with Gasteiger partial charge in [-0.05, 0) is 12.5 Å². The molecular weight excluding hydrogens is 276 g/mol. The minimum atomic E-state index is 0.130. The molecule has 1 aromatic carbocycles. The second-order valence-electron chi connectivity index (χ2n) is 6.31. The highest BCUT2D eigenvalue weighted by atomic mass is 16.5. The highest BCUT2D eigenvalue weighted by molar-refractivity contribution is 5.18. The van der Waals surface area contributed by atoms with Crippen LogP contribution in [-0.2, 0) is 11.3 Å². The maximum Gasteiger partial charge on any atom is 0.153 e. The standard InChI is InChI=1S/C17H24N4O/c1-12(2)17-18-16(19-20-17)10-21-9-15(22-11-13(21)3)14-7-5-4-6-8-14/h4-8,12-13,15H,9-11H2,1-3H3,(H,18,19,20)/t13-,15+/m1/s1. The third-order valence-corrected chi connectivity index (χ3v) is 4.15. The number of hydrogen-bond acceptors (Lipinski definition) is 4. The molecule has 2 atom stereocenters. The van der Waals surface area contributed by atoms with E-state index in [9.17, 15) is 0 Å². The summed E-state index contributed by atoms with van der Waals surface area (Å²) in [6.45, 7) is 8.81. The van der Waals surface area contributed by atoms with Gasteiger partial charge in [-0.15, -0.1) is 0 Å². The van der Waals surface area contributed by atoms with Crippen molar-refractivity contribution >= 4 is 0 Å². The average Bonchev–Trinajstić information content (AvgIpc) is 2.99. The first-order valence-corrected chi connectivity index (χ1v) is 7.95. The molecule has 0 amide bonds. The van der Waals surface area contributed by atoms with Gasteiger partial charge in [-0.2, -0.15) is 5.10 Å². The average molecular weight is 300 g/mol. The zero-order chi connectivity index (χ0) is 15.5. The van der Waals surface area contributed by atoms with Gasteiger partial charge in [-0.1, -0.05) is 44.2 Å². The molecule has 118 valence electrons. The maximum atomic E-state index is 6.00. The van der Waals surface area contributed by atoms with Gasteiger partial charge in [0.2, 0.25) is 0 Å². The first kappa shape index (κ1) is 15.2. The number of nitrogens with one attached hydrogen (secondary N) is 1. The maximum absolute atomic E-state index is 6.00. The van der Waals surface area contributed by atoms with E-state index in [2.05, 4.69) is 65.1 Å². The van der Waals surface area contributed by atoms with E-state index in [1.807, 2.05) is 6.07 Å². The summed E-state index contributed by atoms with van der Waals surface area (Å²) in [4.78, 5) is 7.00. The molecule has 3 rings (SSSR count). The van der Waals surface area contributed by atoms with Crippen LogP contribution in [0.4, 0.5) is 0 Å². The second-order valence-corrected chi connectivity index (χ2v) is 6.31. The largest absolute Gasteiger partial charge is 0.371 e. The predicted molar refractivity (Wildman–Crippen MR) is 85.5 cm³/mol. The lowest BCUT2D eigenvalue weighted by molar-refractivity contribution is -0.0640. The van der Waals surface area contributed by atoms with E-state index in [1.54, 1.807) is 0 Å². The topological polar surface area (TPSA) is 54.0 Å². The Morgan fingerprint density at radius 1 is 1.32 bits per heavy atom. The van der Waals surface area contributed by atoms with E-state index in [-0.39, 0.29) is 6.10 Å². The number of H-pyrrole nitrogens is 1. The Kier molecular flexibility index (Phi) is 4.55. The number of morpholine rings is 1. The Hall–Kier alpha value is -1.72. The van der Waals surface area contributed by atoms with E-state index in [0.717, 1.165) is 31.3 Å². The summed E-state index contributed by atoms with van der Waals surface area (Å²) in [6.07, 6.45) is 0.130. The fraction of sp³-hybridized carbons (Fsp3) is 0.529. The van der Waals surface area contributed by atoms with Crippen molar-refractivity contribution in [3.05, 3.63) is 47.5 Å². The van der Waals surface area contributed by atoms with Crippen LogP contribution in [0.3, 0.4) is 0 Å². The summed E-state index contributed by atoms with van der Waals surface area (Å²) >= 11 is 0. The van der Waals surface area contributed by atoms with Gasteiger partial charge < -0.3 is 4.74 Å². The number of nitrogens with zero attached hydrogens (tertiary/aromatic N) is 3. The molecule has 1 N–H and O–H groups in total. The number of aromatic nitrogens is 3. The van der Waals surface area contributed by atoms with E-state index in [1.165, 1.54) is 5.56 Å². The van der Waals surface area contributed by atoms with Crippen molar-refractivity contribution in [3.8, 4) is 0 Å². The SMILES string of the molecule is CC(C)c1n[nH]c(CN2C[C@@H](c3ccccc3)OC[C@H]2C)n1. The van der Waals surface area contributed by atoms with Crippen molar-refractivity contribution in [2.24, 2.45) is 0 Å². The van der Waals surface area contributed by atoms with Crippen molar-refractivity contribution in [2.45, 2.75) is 45.4 Å². The molecule has 1 aliphatic heterocycles. The van der Waals surface area contributed by atoms with Crippen LogP contribution in [0.25, 0.3) is 0 Å². The third-order valence-electron chi connectivity index (χ3n) is 4.15. The molecule has 5 heteroatoms. The van der Waals surface area contributed by atoms with Gasteiger partial charge in [0.1, 0.15) is 5.82 Å². The molecule has 0 saturated carbocycles. The smallest absolute Gasteiger partial charge is 0.153 e. The third kappa shape index (κ3) is 3.36. The van der Waals surface area contributed by atoms with Gasteiger partial charge in [0.15, 0.2) is 5.82 Å². The number of ether oxygens (including phenoxy) is 1. The van der Waals surface area contributed by atoms with Gasteiger partial charge in [0, 0.05) is 18.5 Å². The lowest BCUT2D eigenvalue weighted by atomic mass is 10.1. The van der Waals surface area contributed by atoms with E-state index in [0.29, 0.717) is 12.0 Å². The number of aromatic amines is 1. The molecule has 0 unspecified atom stereocenters. The number of benzene rings is 1. The molecule has 0 radical (unpaired) electrons. The van der Waals surface area contributed by atoms with Crippen LogP contribution < -0.4 is 0 Å². The first-order valence-electron chi connectivity index (χ1n) is 7.95. The molecule has 22 heavy (non-hydrogen) atoms. The van der Waals surface area contributed by atoms with Crippen LogP contribution in [0.1, 0.15) is 50.0 Å². The molecule has 0 bridgehead atoms. The number of rotatable bonds is 4. The fourth-order valence-electron chi connectivity index (χ4n) is 2.73. The fourth-order valence-corrected chi connectivity index (χ4v) is 2.73. The van der Waals surface area contributed by atoms with Gasteiger partial charge in [0.05, 0.1) is 19.3 Å². The zero-order valence-corrected chi connectivity index (χ0v) is 13.5. The molecule has 0 spiro atoms. The Morgan fingerprint density at radius 3 is 2.77 bits per heavy atom.